The SMILES string of the molecule is CCN(C)C(=O)c1nn2c(c1Cl)CN(c1nc(OC)nc3c1COC(c1c(F)c(N)cc(Cl)c1C(F)(F)F)C3)CCC2.FC1CC2CCCN2C1. The number of benzene rings is 1. The summed E-state index contributed by atoms with van der Waals surface area (Å²) in [4.78, 5) is 27.4. The molecule has 3 atom stereocenters. The molecule has 0 spiro atoms. The fraction of sp³-hybridized carbons (Fsp3) is 0.576. The van der Waals surface area contributed by atoms with Gasteiger partial charge in [0.05, 0.1) is 59.0 Å². The molecule has 18 heteroatoms. The van der Waals surface area contributed by atoms with Gasteiger partial charge in [0, 0.05) is 56.8 Å². The third kappa shape index (κ3) is 7.42. The predicted octanol–water partition coefficient (Wildman–Crippen LogP) is 6.24. The van der Waals surface area contributed by atoms with Crippen molar-refractivity contribution in [3.63, 3.8) is 0 Å². The van der Waals surface area contributed by atoms with Gasteiger partial charge in [-0.05, 0) is 45.2 Å². The summed E-state index contributed by atoms with van der Waals surface area (Å²) in [5.74, 6) is -1.14. The van der Waals surface area contributed by atoms with Crippen LogP contribution >= 0.6 is 23.2 Å². The first-order valence-electron chi connectivity index (χ1n) is 16.7. The van der Waals surface area contributed by atoms with Crippen LogP contribution in [0.2, 0.25) is 10.0 Å². The Morgan fingerprint density at radius 2 is 1.96 bits per heavy atom. The Hall–Kier alpha value is -3.47. The summed E-state index contributed by atoms with van der Waals surface area (Å²) in [6, 6.07) is 1.31. The number of hydrogen-bond acceptors (Lipinski definition) is 9. The van der Waals surface area contributed by atoms with Crippen molar-refractivity contribution in [1.29, 1.82) is 0 Å². The van der Waals surface area contributed by atoms with Crippen LogP contribution in [0.3, 0.4) is 0 Å². The summed E-state index contributed by atoms with van der Waals surface area (Å²) in [5.41, 5.74) is 4.56. The van der Waals surface area contributed by atoms with Crippen LogP contribution in [-0.2, 0) is 37.0 Å². The van der Waals surface area contributed by atoms with E-state index in [-0.39, 0.29) is 42.2 Å². The molecule has 2 N–H and O–H groups in total. The number of methoxy groups -OCH3 is 1. The van der Waals surface area contributed by atoms with Gasteiger partial charge in [-0.25, -0.2) is 8.78 Å². The number of hydrogen-bond donors (Lipinski definition) is 1. The van der Waals surface area contributed by atoms with E-state index in [4.69, 9.17) is 38.4 Å². The summed E-state index contributed by atoms with van der Waals surface area (Å²) < 4.78 is 82.5. The molecular weight excluding hydrogens is 722 g/mol. The zero-order valence-corrected chi connectivity index (χ0v) is 29.9. The maximum absolute atomic E-state index is 15.1. The molecule has 4 aliphatic rings. The summed E-state index contributed by atoms with van der Waals surface area (Å²) in [6.45, 7) is 5.17. The van der Waals surface area contributed by atoms with Gasteiger partial charge in [-0.3, -0.25) is 14.4 Å². The highest BCUT2D eigenvalue weighted by Gasteiger charge is 2.42. The number of nitrogen functional groups attached to an aromatic ring is 1. The zero-order valence-electron chi connectivity index (χ0n) is 28.4. The molecular formula is C33H39Cl2F5N8O3. The monoisotopic (exact) mass is 760 g/mol. The van der Waals surface area contributed by atoms with Gasteiger partial charge < -0.3 is 25.0 Å². The smallest absolute Gasteiger partial charge is 0.418 e. The van der Waals surface area contributed by atoms with Gasteiger partial charge in [0.15, 0.2) is 11.5 Å². The van der Waals surface area contributed by atoms with E-state index < -0.39 is 46.1 Å². The lowest BCUT2D eigenvalue weighted by Crippen LogP contribution is -2.29. The van der Waals surface area contributed by atoms with Crippen LogP contribution in [0.15, 0.2) is 6.07 Å². The van der Waals surface area contributed by atoms with Gasteiger partial charge in [0.2, 0.25) is 0 Å². The number of rotatable bonds is 5. The van der Waals surface area contributed by atoms with Gasteiger partial charge in [-0.15, -0.1) is 0 Å². The van der Waals surface area contributed by atoms with E-state index in [0.717, 1.165) is 19.0 Å². The first-order chi connectivity index (χ1) is 24.2. The number of aryl methyl sites for hydroxylation is 1. The van der Waals surface area contributed by atoms with Gasteiger partial charge in [-0.1, -0.05) is 23.2 Å². The van der Waals surface area contributed by atoms with Crippen LogP contribution in [0.25, 0.3) is 0 Å². The Balaban J connectivity index is 0.000000428. The summed E-state index contributed by atoms with van der Waals surface area (Å²) in [7, 11) is 3.02. The fourth-order valence-corrected chi connectivity index (χ4v) is 7.78. The average molecular weight is 762 g/mol. The molecule has 11 nitrogen and oxygen atoms in total. The summed E-state index contributed by atoms with van der Waals surface area (Å²) >= 11 is 12.5. The normalized spacial score (nSPS) is 21.7. The zero-order chi connectivity index (χ0) is 36.8. The highest BCUT2D eigenvalue weighted by molar-refractivity contribution is 6.34. The molecule has 278 valence electrons. The van der Waals surface area contributed by atoms with E-state index in [1.54, 1.807) is 11.7 Å². The molecule has 4 aliphatic heterocycles. The molecule has 1 amide bonds. The predicted molar refractivity (Wildman–Crippen MR) is 180 cm³/mol. The first-order valence-corrected chi connectivity index (χ1v) is 17.5. The maximum atomic E-state index is 15.1. The topological polar surface area (TPSA) is 115 Å². The minimum atomic E-state index is -4.96. The van der Waals surface area contributed by atoms with Crippen LogP contribution in [0.1, 0.15) is 77.3 Å². The van der Waals surface area contributed by atoms with E-state index >= 15 is 4.39 Å². The van der Waals surface area contributed by atoms with Gasteiger partial charge in [0.1, 0.15) is 12.0 Å². The molecule has 6 heterocycles. The number of fused-ring (bicyclic) bond motifs is 3. The number of carbonyl (C=O) groups excluding carboxylic acids is 1. The molecule has 1 aromatic carbocycles. The highest BCUT2D eigenvalue weighted by atomic mass is 35.5. The highest BCUT2D eigenvalue weighted by Crippen LogP contribution is 2.46. The Labute approximate surface area is 301 Å². The molecule has 0 bridgehead atoms. The molecule has 0 radical (unpaired) electrons. The molecule has 0 aliphatic carbocycles. The first kappa shape index (κ1) is 37.3. The number of nitrogens with two attached hydrogens (primary N) is 1. The number of amides is 1. The fourth-order valence-electron chi connectivity index (χ4n) is 7.18. The van der Waals surface area contributed by atoms with Crippen LogP contribution in [0.5, 0.6) is 6.01 Å². The largest absolute Gasteiger partial charge is 0.467 e. The second-order valence-corrected chi connectivity index (χ2v) is 13.8. The van der Waals surface area contributed by atoms with Crippen LogP contribution < -0.4 is 15.4 Å². The number of nitrogens with zero attached hydrogens (tertiary/aromatic N) is 7. The second kappa shape index (κ2) is 14.9. The van der Waals surface area contributed by atoms with Crippen molar-refractivity contribution in [3.05, 3.63) is 55.7 Å². The van der Waals surface area contributed by atoms with E-state index in [9.17, 15) is 22.4 Å². The summed E-state index contributed by atoms with van der Waals surface area (Å²) in [6.07, 6.45) is -3.14. The molecule has 7 rings (SSSR count). The van der Waals surface area contributed by atoms with Crippen molar-refractivity contribution in [3.8, 4) is 6.01 Å². The minimum absolute atomic E-state index is 0.0317. The number of alkyl halides is 4. The molecule has 2 aromatic heterocycles. The van der Waals surface area contributed by atoms with E-state index in [1.165, 1.54) is 24.9 Å². The van der Waals surface area contributed by atoms with Gasteiger partial charge in [0.25, 0.3) is 5.91 Å². The molecule has 2 fully saturated rings. The van der Waals surface area contributed by atoms with Gasteiger partial charge in [-0.2, -0.15) is 28.2 Å². The second-order valence-electron chi connectivity index (χ2n) is 13.1. The lowest BCUT2D eigenvalue weighted by Gasteiger charge is -2.31. The Morgan fingerprint density at radius 3 is 2.65 bits per heavy atom. The van der Waals surface area contributed by atoms with E-state index in [2.05, 4.69) is 20.0 Å². The Bertz CT molecular complexity index is 1780. The van der Waals surface area contributed by atoms with Crippen LogP contribution in [0, 0.1) is 5.82 Å². The third-order valence-electron chi connectivity index (χ3n) is 9.84. The van der Waals surface area contributed by atoms with Crippen molar-refractivity contribution in [2.75, 3.05) is 51.0 Å². The summed E-state index contributed by atoms with van der Waals surface area (Å²) in [5, 5.41) is 3.96. The lowest BCUT2D eigenvalue weighted by molar-refractivity contribution is -0.140. The van der Waals surface area contributed by atoms with Crippen molar-refractivity contribution in [2.45, 2.75) is 83.2 Å². The van der Waals surface area contributed by atoms with Crippen LogP contribution in [0.4, 0.5) is 33.5 Å². The van der Waals surface area contributed by atoms with Crippen molar-refractivity contribution < 1.29 is 36.2 Å². The number of ether oxygens (including phenoxy) is 2. The lowest BCUT2D eigenvalue weighted by atomic mass is 9.93. The number of carbonyl (C=O) groups is 1. The van der Waals surface area contributed by atoms with Crippen molar-refractivity contribution in [2.24, 2.45) is 0 Å². The van der Waals surface area contributed by atoms with Crippen molar-refractivity contribution >= 4 is 40.6 Å². The third-order valence-corrected chi connectivity index (χ3v) is 10.5. The van der Waals surface area contributed by atoms with Crippen molar-refractivity contribution in [1.82, 2.24) is 29.5 Å². The minimum Gasteiger partial charge on any atom is -0.467 e. The molecule has 3 aromatic rings. The average Bonchev–Trinajstić information content (AvgIpc) is 3.71. The molecule has 51 heavy (non-hydrogen) atoms. The van der Waals surface area contributed by atoms with Crippen LogP contribution in [-0.4, -0.2) is 88.0 Å². The quantitative estimate of drug-likeness (QED) is 0.239. The number of anilines is 2. The Morgan fingerprint density at radius 1 is 1.20 bits per heavy atom. The standard InChI is InChI=1S/C26H27Cl2F4N7O3.C7H12FN/c1-4-37(2)24(40)22-20(28)16-10-38(6-5-7-39(16)36-22)23-12-11-42-17(9-15(12)34-25(35-23)41-3)18-19(26(30,31)32)13(27)8-14(33)21(18)29;8-6-4-7-2-1-3-9(7)5-6/h8,17H,4-7,9-11,33H2,1-3H3;6-7H,1-5H2. The molecule has 3 unspecified atom stereocenters. The Kier molecular flexibility index (Phi) is 10.9. The number of halogens is 7. The number of aromatic nitrogens is 4. The molecule has 0 saturated carbocycles. The van der Waals surface area contributed by atoms with E-state index in [0.29, 0.717) is 61.4 Å². The van der Waals surface area contributed by atoms with Gasteiger partial charge >= 0.3 is 12.2 Å². The van der Waals surface area contributed by atoms with E-state index in [1.807, 2.05) is 11.8 Å². The molecule has 2 saturated heterocycles. The maximum Gasteiger partial charge on any atom is 0.418 e.